The topological polar surface area (TPSA) is 35.6 Å². The molecule has 3 fully saturated rings. The van der Waals surface area contributed by atoms with Crippen molar-refractivity contribution in [3.63, 3.8) is 0 Å². The minimum absolute atomic E-state index is 0.250. The fourth-order valence-electron chi connectivity index (χ4n) is 3.16. The molecule has 4 heteroatoms. The van der Waals surface area contributed by atoms with Crippen LogP contribution in [0.1, 0.15) is 25.7 Å². The smallest absolute Gasteiger partial charge is 0.227 e. The highest BCUT2D eigenvalue weighted by Crippen LogP contribution is 2.30. The van der Waals surface area contributed by atoms with E-state index in [4.69, 9.17) is 0 Å². The van der Waals surface area contributed by atoms with E-state index in [0.717, 1.165) is 51.5 Å². The van der Waals surface area contributed by atoms with Crippen molar-refractivity contribution < 1.29 is 4.79 Å². The molecule has 0 aromatic carbocycles. The molecule has 1 N–H and O–H groups in total. The molecule has 0 radical (unpaired) electrons. The standard InChI is InChI=1S/C14H25N3O/c18-14(13-4-5-15-10-13)17-7-1-6-16(8-9-17)11-12-2-3-12/h12-13,15H,1-11H2/t13-/m0/s1. The molecular formula is C14H25N3O. The highest BCUT2D eigenvalue weighted by molar-refractivity contribution is 5.79. The summed E-state index contributed by atoms with van der Waals surface area (Å²) in [6, 6.07) is 0. The lowest BCUT2D eigenvalue weighted by Crippen LogP contribution is -2.39. The molecule has 0 unspecified atom stereocenters. The van der Waals surface area contributed by atoms with Crippen molar-refractivity contribution in [2.45, 2.75) is 25.7 Å². The van der Waals surface area contributed by atoms with Crippen LogP contribution in [0.25, 0.3) is 0 Å². The summed E-state index contributed by atoms with van der Waals surface area (Å²) in [5, 5.41) is 3.29. The van der Waals surface area contributed by atoms with Gasteiger partial charge in [0.05, 0.1) is 5.92 Å². The number of rotatable bonds is 3. The van der Waals surface area contributed by atoms with Gasteiger partial charge in [-0.15, -0.1) is 0 Å². The van der Waals surface area contributed by atoms with Crippen molar-refractivity contribution in [1.82, 2.24) is 15.1 Å². The van der Waals surface area contributed by atoms with E-state index in [0.29, 0.717) is 5.91 Å². The largest absolute Gasteiger partial charge is 0.341 e. The molecule has 0 aromatic heterocycles. The molecule has 18 heavy (non-hydrogen) atoms. The predicted molar refractivity (Wildman–Crippen MR) is 71.3 cm³/mol. The molecule has 3 aliphatic rings. The maximum Gasteiger partial charge on any atom is 0.227 e. The molecule has 0 aromatic rings. The van der Waals surface area contributed by atoms with Crippen molar-refractivity contribution in [2.24, 2.45) is 11.8 Å². The molecule has 1 atom stereocenters. The molecule has 4 nitrogen and oxygen atoms in total. The molecule has 0 bridgehead atoms. The third-order valence-electron chi connectivity index (χ3n) is 4.52. The second kappa shape index (κ2) is 5.57. The summed E-state index contributed by atoms with van der Waals surface area (Å²) in [6.45, 7) is 7.36. The molecule has 2 aliphatic heterocycles. The van der Waals surface area contributed by atoms with Gasteiger partial charge in [-0.05, 0) is 44.7 Å². The lowest BCUT2D eigenvalue weighted by Gasteiger charge is -2.24. The fraction of sp³-hybridized carbons (Fsp3) is 0.929. The molecule has 3 rings (SSSR count). The number of hydrogen-bond donors (Lipinski definition) is 1. The van der Waals surface area contributed by atoms with Gasteiger partial charge in [-0.25, -0.2) is 0 Å². The first-order chi connectivity index (χ1) is 8.83. The van der Waals surface area contributed by atoms with Gasteiger partial charge in [0.25, 0.3) is 0 Å². The van der Waals surface area contributed by atoms with Gasteiger partial charge in [-0.2, -0.15) is 0 Å². The van der Waals surface area contributed by atoms with Gasteiger partial charge in [-0.3, -0.25) is 4.79 Å². The van der Waals surface area contributed by atoms with Crippen molar-refractivity contribution in [2.75, 3.05) is 45.8 Å². The van der Waals surface area contributed by atoms with Crippen LogP contribution in [0.5, 0.6) is 0 Å². The van der Waals surface area contributed by atoms with E-state index in [-0.39, 0.29) is 5.92 Å². The Hall–Kier alpha value is -0.610. The van der Waals surface area contributed by atoms with Crippen LogP contribution in [0.2, 0.25) is 0 Å². The molecule has 1 amide bonds. The van der Waals surface area contributed by atoms with Gasteiger partial charge in [0.1, 0.15) is 0 Å². The van der Waals surface area contributed by atoms with Crippen LogP contribution in [0, 0.1) is 11.8 Å². The third kappa shape index (κ3) is 3.04. The second-order valence-electron chi connectivity index (χ2n) is 6.11. The van der Waals surface area contributed by atoms with Crippen LogP contribution in [0.15, 0.2) is 0 Å². The molecule has 2 saturated heterocycles. The summed E-state index contributed by atoms with van der Waals surface area (Å²) in [7, 11) is 0. The highest BCUT2D eigenvalue weighted by Gasteiger charge is 2.29. The minimum atomic E-state index is 0.250. The summed E-state index contributed by atoms with van der Waals surface area (Å²) in [5.74, 6) is 1.61. The number of amides is 1. The predicted octanol–water partition coefficient (Wildman–Crippen LogP) is 0.540. The highest BCUT2D eigenvalue weighted by atomic mass is 16.2. The van der Waals surface area contributed by atoms with Crippen LogP contribution >= 0.6 is 0 Å². The summed E-state index contributed by atoms with van der Waals surface area (Å²) in [4.78, 5) is 17.0. The number of nitrogens with one attached hydrogen (secondary N) is 1. The van der Waals surface area contributed by atoms with E-state index >= 15 is 0 Å². The van der Waals surface area contributed by atoms with E-state index in [9.17, 15) is 4.79 Å². The summed E-state index contributed by atoms with van der Waals surface area (Å²) < 4.78 is 0. The van der Waals surface area contributed by atoms with E-state index in [1.807, 2.05) is 0 Å². The Bertz CT molecular complexity index is 297. The van der Waals surface area contributed by atoms with Crippen molar-refractivity contribution in [3.05, 3.63) is 0 Å². The number of carbonyl (C=O) groups is 1. The van der Waals surface area contributed by atoms with Gasteiger partial charge < -0.3 is 15.1 Å². The Kier molecular flexibility index (Phi) is 3.85. The Balaban J connectivity index is 1.49. The number of nitrogens with zero attached hydrogens (tertiary/aromatic N) is 2. The average molecular weight is 251 g/mol. The SMILES string of the molecule is O=C([C@H]1CCNC1)N1CCCN(CC2CC2)CC1. The third-order valence-corrected chi connectivity index (χ3v) is 4.52. The Morgan fingerprint density at radius 2 is 2.00 bits per heavy atom. The van der Waals surface area contributed by atoms with Gasteiger partial charge >= 0.3 is 0 Å². The average Bonchev–Trinajstić information content (AvgIpc) is 3.08. The van der Waals surface area contributed by atoms with Crippen LogP contribution in [0.3, 0.4) is 0 Å². The lowest BCUT2D eigenvalue weighted by molar-refractivity contribution is -0.134. The Labute approximate surface area is 110 Å². The maximum absolute atomic E-state index is 12.4. The summed E-state index contributed by atoms with van der Waals surface area (Å²) in [5.41, 5.74) is 0. The monoisotopic (exact) mass is 251 g/mol. The first-order valence-corrected chi connectivity index (χ1v) is 7.55. The molecular weight excluding hydrogens is 226 g/mol. The Morgan fingerprint density at radius 3 is 2.72 bits per heavy atom. The number of hydrogen-bond acceptors (Lipinski definition) is 3. The van der Waals surface area contributed by atoms with Crippen molar-refractivity contribution in [3.8, 4) is 0 Å². The van der Waals surface area contributed by atoms with E-state index in [2.05, 4.69) is 15.1 Å². The molecule has 1 saturated carbocycles. The molecule has 0 spiro atoms. The number of carbonyl (C=O) groups excluding carboxylic acids is 1. The molecule has 1 aliphatic carbocycles. The molecule has 102 valence electrons. The van der Waals surface area contributed by atoms with Gasteiger partial charge in [0, 0.05) is 32.7 Å². The Morgan fingerprint density at radius 1 is 1.11 bits per heavy atom. The van der Waals surface area contributed by atoms with E-state index in [1.54, 1.807) is 0 Å². The summed E-state index contributed by atoms with van der Waals surface area (Å²) >= 11 is 0. The normalized spacial score (nSPS) is 30.4. The van der Waals surface area contributed by atoms with Crippen LogP contribution in [0.4, 0.5) is 0 Å². The maximum atomic E-state index is 12.4. The van der Waals surface area contributed by atoms with E-state index < -0.39 is 0 Å². The second-order valence-corrected chi connectivity index (χ2v) is 6.11. The van der Waals surface area contributed by atoms with Crippen molar-refractivity contribution in [1.29, 1.82) is 0 Å². The van der Waals surface area contributed by atoms with Crippen LogP contribution in [-0.2, 0) is 4.79 Å². The van der Waals surface area contributed by atoms with Crippen molar-refractivity contribution >= 4 is 5.91 Å². The van der Waals surface area contributed by atoms with E-state index in [1.165, 1.54) is 25.9 Å². The summed E-state index contributed by atoms with van der Waals surface area (Å²) in [6.07, 6.45) is 5.03. The zero-order chi connectivity index (χ0) is 12.4. The van der Waals surface area contributed by atoms with Crippen LogP contribution in [-0.4, -0.2) is 61.5 Å². The zero-order valence-corrected chi connectivity index (χ0v) is 11.2. The van der Waals surface area contributed by atoms with Crippen LogP contribution < -0.4 is 5.32 Å². The quantitative estimate of drug-likeness (QED) is 0.795. The zero-order valence-electron chi connectivity index (χ0n) is 11.2. The fourth-order valence-corrected chi connectivity index (χ4v) is 3.16. The minimum Gasteiger partial charge on any atom is -0.341 e. The first-order valence-electron chi connectivity index (χ1n) is 7.55. The first kappa shape index (κ1) is 12.4. The van der Waals surface area contributed by atoms with Gasteiger partial charge in [0.15, 0.2) is 0 Å². The van der Waals surface area contributed by atoms with Gasteiger partial charge in [0.2, 0.25) is 5.91 Å². The lowest BCUT2D eigenvalue weighted by atomic mass is 10.1. The van der Waals surface area contributed by atoms with Gasteiger partial charge in [-0.1, -0.05) is 0 Å². The molecule has 2 heterocycles.